The molecule has 2 amide bonds. The lowest BCUT2D eigenvalue weighted by molar-refractivity contribution is 0.0619. The largest absolute Gasteiger partial charge is 0.492 e. The Morgan fingerprint density at radius 3 is 1.81 bits per heavy atom. The lowest BCUT2D eigenvalue weighted by atomic mass is 10.0. The Morgan fingerprint density at radius 2 is 1.19 bits per heavy atom. The Kier molecular flexibility index (Phi) is 15.0. The summed E-state index contributed by atoms with van der Waals surface area (Å²) in [7, 11) is -8.46. The van der Waals surface area contributed by atoms with Crippen molar-refractivity contribution in [3.8, 4) is 5.75 Å². The summed E-state index contributed by atoms with van der Waals surface area (Å²) in [6, 6.07) is 34.6. The average molecular weight is 1070 g/mol. The molecule has 0 aliphatic carbocycles. The Bertz CT molecular complexity index is 3650. The molecule has 8 aromatic rings. The van der Waals surface area contributed by atoms with Crippen molar-refractivity contribution in [2.45, 2.75) is 29.3 Å². The molecule has 0 unspecified atom stereocenters. The number of ether oxygens (including phenoxy) is 1. The Hall–Kier alpha value is -7.55. The van der Waals surface area contributed by atoms with Crippen LogP contribution in [0.1, 0.15) is 37.4 Å². The van der Waals surface area contributed by atoms with Gasteiger partial charge in [0.2, 0.25) is 0 Å². The highest BCUT2D eigenvalue weighted by molar-refractivity contribution is 7.93. The number of aromatic nitrogens is 3. The maximum Gasteiger partial charge on any atom is 0.264 e. The van der Waals surface area contributed by atoms with Crippen molar-refractivity contribution >= 4 is 76.6 Å². The van der Waals surface area contributed by atoms with Crippen molar-refractivity contribution in [1.29, 1.82) is 0 Å². The first-order valence-electron chi connectivity index (χ1n) is 24.3. The number of sulfonamides is 2. The minimum atomic E-state index is -4.25. The van der Waals surface area contributed by atoms with Crippen LogP contribution in [0.3, 0.4) is 0 Å². The van der Waals surface area contributed by atoms with Gasteiger partial charge < -0.3 is 14.5 Å². The molecular weight excluding hydrogens is 1020 g/mol. The fourth-order valence-electron chi connectivity index (χ4n) is 9.40. The van der Waals surface area contributed by atoms with E-state index in [-0.39, 0.29) is 73.4 Å². The smallest absolute Gasteiger partial charge is 0.264 e. The van der Waals surface area contributed by atoms with Gasteiger partial charge in [0.05, 0.1) is 39.6 Å². The van der Waals surface area contributed by atoms with Gasteiger partial charge in [0.25, 0.3) is 31.9 Å². The van der Waals surface area contributed by atoms with Crippen LogP contribution < -0.4 is 14.2 Å². The molecule has 384 valence electrons. The molecule has 0 atom stereocenters. The van der Waals surface area contributed by atoms with Crippen LogP contribution >= 0.6 is 11.6 Å². The van der Waals surface area contributed by atoms with Gasteiger partial charge in [-0.3, -0.25) is 43.8 Å². The highest BCUT2D eigenvalue weighted by Gasteiger charge is 2.28. The van der Waals surface area contributed by atoms with Gasteiger partial charge in [-0.05, 0) is 95.6 Å². The highest BCUT2D eigenvalue weighted by atomic mass is 35.5. The summed E-state index contributed by atoms with van der Waals surface area (Å²) < 4.78 is 82.6. The molecule has 2 aliphatic heterocycles. The van der Waals surface area contributed by atoms with Gasteiger partial charge in [-0.15, -0.1) is 0 Å². The van der Waals surface area contributed by atoms with E-state index in [1.54, 1.807) is 95.0 Å². The van der Waals surface area contributed by atoms with Crippen molar-refractivity contribution in [2.24, 2.45) is 0 Å². The number of amides is 2. The highest BCUT2D eigenvalue weighted by Crippen LogP contribution is 2.31. The maximum atomic E-state index is 14.5. The number of nitrogens with one attached hydrogen (secondary N) is 2. The number of carbonyl (C=O) groups is 2. The number of hydrogen-bond acceptors (Lipinski definition) is 12. The second kappa shape index (κ2) is 22.1. The molecule has 2 fully saturated rings. The second-order valence-electron chi connectivity index (χ2n) is 18.3. The summed E-state index contributed by atoms with van der Waals surface area (Å²) in [6.07, 6.45) is 6.58. The monoisotopic (exact) mass is 1070 g/mol. The number of benzene rings is 5. The Labute approximate surface area is 438 Å². The van der Waals surface area contributed by atoms with Gasteiger partial charge >= 0.3 is 0 Å². The number of halogens is 2. The van der Waals surface area contributed by atoms with E-state index < -0.39 is 25.9 Å². The van der Waals surface area contributed by atoms with Crippen LogP contribution in [0.5, 0.6) is 5.75 Å². The molecular formula is C55H51ClFN9O7S2. The van der Waals surface area contributed by atoms with E-state index in [1.807, 2.05) is 12.1 Å². The molecule has 16 nitrogen and oxygen atoms in total. The molecule has 5 aromatic carbocycles. The number of hydrogen-bond donors (Lipinski definition) is 2. The van der Waals surface area contributed by atoms with Gasteiger partial charge in [-0.1, -0.05) is 54.1 Å². The summed E-state index contributed by atoms with van der Waals surface area (Å²) in [5, 5.41) is 1.32. The van der Waals surface area contributed by atoms with Gasteiger partial charge in [-0.2, -0.15) is 0 Å². The molecule has 10 rings (SSSR count). The van der Waals surface area contributed by atoms with E-state index in [0.29, 0.717) is 87.3 Å². The van der Waals surface area contributed by atoms with Crippen LogP contribution in [0.4, 0.5) is 15.8 Å². The summed E-state index contributed by atoms with van der Waals surface area (Å²) in [6.45, 7) is 4.99. The van der Waals surface area contributed by atoms with Crippen LogP contribution in [0, 0.1) is 5.82 Å². The third-order valence-electron chi connectivity index (χ3n) is 13.3. The minimum Gasteiger partial charge on any atom is -0.492 e. The average Bonchev–Trinajstić information content (AvgIpc) is 3.42. The van der Waals surface area contributed by atoms with E-state index in [1.165, 1.54) is 54.9 Å². The number of fused-ring (bicyclic) bond motifs is 2. The molecule has 3 aromatic heterocycles. The number of piperazine rings is 2. The fourth-order valence-corrected chi connectivity index (χ4v) is 12.0. The molecule has 5 heterocycles. The third kappa shape index (κ3) is 11.7. The lowest BCUT2D eigenvalue weighted by Gasteiger charge is -2.35. The van der Waals surface area contributed by atoms with Gasteiger partial charge in [0.15, 0.2) is 0 Å². The first-order valence-corrected chi connectivity index (χ1v) is 27.6. The van der Waals surface area contributed by atoms with Crippen molar-refractivity contribution in [3.05, 3.63) is 191 Å². The van der Waals surface area contributed by atoms with Crippen molar-refractivity contribution in [3.63, 3.8) is 0 Å². The van der Waals surface area contributed by atoms with Gasteiger partial charge in [0.1, 0.15) is 21.4 Å². The lowest BCUT2D eigenvalue weighted by Crippen LogP contribution is -2.48. The van der Waals surface area contributed by atoms with Crippen LogP contribution in [0.2, 0.25) is 5.02 Å². The van der Waals surface area contributed by atoms with Crippen LogP contribution in [-0.4, -0.2) is 122 Å². The van der Waals surface area contributed by atoms with Crippen LogP contribution in [0.15, 0.2) is 162 Å². The van der Waals surface area contributed by atoms with E-state index in [2.05, 4.69) is 34.2 Å². The van der Waals surface area contributed by atoms with E-state index in [0.717, 1.165) is 11.1 Å². The van der Waals surface area contributed by atoms with E-state index >= 15 is 0 Å². The molecule has 0 saturated carbocycles. The summed E-state index contributed by atoms with van der Waals surface area (Å²) in [5.41, 5.74) is 3.68. The number of pyridine rings is 3. The summed E-state index contributed by atoms with van der Waals surface area (Å²) in [5.74, 6) is -0.985. The molecule has 2 saturated heterocycles. The van der Waals surface area contributed by atoms with Crippen LogP contribution in [0.25, 0.3) is 21.8 Å². The Morgan fingerprint density at radius 1 is 0.600 bits per heavy atom. The van der Waals surface area contributed by atoms with Crippen molar-refractivity contribution in [1.82, 2.24) is 34.6 Å². The number of anilines is 2. The molecule has 2 N–H and O–H groups in total. The van der Waals surface area contributed by atoms with Gasteiger partial charge in [-0.25, -0.2) is 21.2 Å². The van der Waals surface area contributed by atoms with Crippen LogP contribution in [-0.2, 0) is 39.6 Å². The van der Waals surface area contributed by atoms with E-state index in [9.17, 15) is 30.8 Å². The standard InChI is InChI=1S/C55H51ClFN9O7S2/c56-46-15-11-39(33-47(46)57)37-64-24-28-65(29-25-64)54(67)43-12-16-48(62-75(71,72)51-10-2-6-41-8-4-21-60-53(41)51)42(34-43)19-32-73-49-35-44(61-74(69,70)50-9-1-5-40-7-3-20-59-52(40)50)13-14-45(49)55(68)66-30-26-63(27-31-66)36-38-17-22-58-23-18-38/h1-18,20-23,33-35,61-62H,19,24-32,36-37H2. The summed E-state index contributed by atoms with van der Waals surface area (Å²) in [4.78, 5) is 49.2. The van der Waals surface area contributed by atoms with Crippen molar-refractivity contribution < 1.29 is 35.6 Å². The minimum absolute atomic E-state index is 0.0342. The quantitative estimate of drug-likeness (QED) is 0.0948. The number of carbonyl (C=O) groups excluding carboxylic acids is 2. The number of rotatable bonds is 16. The topological polar surface area (TPSA) is 187 Å². The van der Waals surface area contributed by atoms with Crippen molar-refractivity contribution in [2.75, 3.05) is 68.4 Å². The normalized spacial score (nSPS) is 14.7. The molecule has 75 heavy (non-hydrogen) atoms. The number of nitrogens with zero attached hydrogens (tertiary/aromatic N) is 7. The molecule has 0 radical (unpaired) electrons. The predicted octanol–water partition coefficient (Wildman–Crippen LogP) is 8.11. The molecule has 0 spiro atoms. The summed E-state index contributed by atoms with van der Waals surface area (Å²) >= 11 is 5.90. The van der Waals surface area contributed by atoms with E-state index in [4.69, 9.17) is 16.3 Å². The first kappa shape index (κ1) is 51.0. The zero-order valence-corrected chi connectivity index (χ0v) is 42.9. The maximum absolute atomic E-state index is 14.5. The predicted molar refractivity (Wildman–Crippen MR) is 285 cm³/mol. The molecule has 20 heteroatoms. The molecule has 0 bridgehead atoms. The molecule has 2 aliphatic rings. The Balaban J connectivity index is 0.922. The second-order valence-corrected chi connectivity index (χ2v) is 22.0. The fraction of sp³-hybridized carbons (Fsp3) is 0.218. The first-order chi connectivity index (χ1) is 36.3. The third-order valence-corrected chi connectivity index (χ3v) is 16.4. The zero-order valence-electron chi connectivity index (χ0n) is 40.5. The SMILES string of the molecule is O=C(c1ccc(NS(=O)(=O)c2cccc3cccnc23)c(CCOc2cc(NS(=O)(=O)c3cccc4cccnc34)ccc2C(=O)N2CCN(Cc3ccncc3)CC2)c1)N1CCN(Cc2ccc(Cl)c(F)c2)CC1. The van der Waals surface area contributed by atoms with Gasteiger partial charge in [0, 0.05) is 119 Å². The number of para-hydroxylation sites is 2. The zero-order chi connectivity index (χ0) is 52.1.